The summed E-state index contributed by atoms with van der Waals surface area (Å²) >= 11 is 0. The first-order valence-electron chi connectivity index (χ1n) is 5.89. The Balaban J connectivity index is 2.29. The van der Waals surface area contributed by atoms with Crippen LogP contribution in [0, 0.1) is 0 Å². The van der Waals surface area contributed by atoms with Crippen molar-refractivity contribution in [3.8, 4) is 0 Å². The van der Waals surface area contributed by atoms with Crippen LogP contribution in [-0.4, -0.2) is 56.7 Å². The maximum absolute atomic E-state index is 11.6. The highest BCUT2D eigenvalue weighted by Crippen LogP contribution is 2.13. The van der Waals surface area contributed by atoms with Gasteiger partial charge in [0.1, 0.15) is 6.10 Å². The van der Waals surface area contributed by atoms with E-state index in [0.717, 1.165) is 13.0 Å². The molecule has 0 aromatic carbocycles. The third kappa shape index (κ3) is 3.73. The summed E-state index contributed by atoms with van der Waals surface area (Å²) in [5.41, 5.74) is 5.42. The number of carbonyl (C=O) groups excluding carboxylic acids is 1. The maximum Gasteiger partial charge on any atom is 0.250 e. The quantitative estimate of drug-likeness (QED) is 0.671. The van der Waals surface area contributed by atoms with Gasteiger partial charge in [-0.25, -0.2) is 0 Å². The van der Waals surface area contributed by atoms with Crippen LogP contribution in [0.3, 0.4) is 0 Å². The van der Waals surface area contributed by atoms with Crippen LogP contribution in [0.15, 0.2) is 0 Å². The van der Waals surface area contributed by atoms with Crippen molar-refractivity contribution in [2.24, 2.45) is 5.73 Å². The monoisotopic (exact) mass is 229 g/mol. The molecule has 5 heteroatoms. The van der Waals surface area contributed by atoms with E-state index in [-0.39, 0.29) is 12.5 Å². The van der Waals surface area contributed by atoms with Gasteiger partial charge in [-0.1, -0.05) is 6.42 Å². The van der Waals surface area contributed by atoms with E-state index >= 15 is 0 Å². The third-order valence-corrected chi connectivity index (χ3v) is 3.22. The average molecular weight is 229 g/mol. The van der Waals surface area contributed by atoms with Gasteiger partial charge in [0.15, 0.2) is 0 Å². The van der Waals surface area contributed by atoms with Gasteiger partial charge in [0, 0.05) is 26.2 Å². The van der Waals surface area contributed by atoms with Crippen LogP contribution in [-0.2, 0) is 9.53 Å². The van der Waals surface area contributed by atoms with Crippen molar-refractivity contribution in [2.75, 3.05) is 33.8 Å². The molecule has 1 aliphatic heterocycles. The van der Waals surface area contributed by atoms with Gasteiger partial charge in [-0.15, -0.1) is 0 Å². The molecular weight excluding hydrogens is 206 g/mol. The molecule has 0 aromatic heterocycles. The molecule has 1 fully saturated rings. The third-order valence-electron chi connectivity index (χ3n) is 3.22. The zero-order valence-corrected chi connectivity index (χ0v) is 10.2. The van der Waals surface area contributed by atoms with Gasteiger partial charge in [-0.2, -0.15) is 0 Å². The van der Waals surface area contributed by atoms with Gasteiger partial charge < -0.3 is 20.7 Å². The zero-order valence-electron chi connectivity index (χ0n) is 10.2. The number of amides is 1. The lowest BCUT2D eigenvalue weighted by Crippen LogP contribution is -2.48. The smallest absolute Gasteiger partial charge is 0.250 e. The van der Waals surface area contributed by atoms with Crippen molar-refractivity contribution in [1.82, 2.24) is 10.2 Å². The van der Waals surface area contributed by atoms with Gasteiger partial charge in [-0.3, -0.25) is 4.79 Å². The molecular formula is C11H23N3O2. The zero-order chi connectivity index (χ0) is 12.0. The molecule has 1 rings (SSSR count). The van der Waals surface area contributed by atoms with Gasteiger partial charge in [0.05, 0.1) is 0 Å². The van der Waals surface area contributed by atoms with E-state index in [0.29, 0.717) is 12.6 Å². The van der Waals surface area contributed by atoms with Crippen molar-refractivity contribution in [2.45, 2.75) is 31.4 Å². The molecule has 1 amide bonds. The molecule has 2 unspecified atom stereocenters. The lowest BCUT2D eigenvalue weighted by Gasteiger charge is -2.32. The van der Waals surface area contributed by atoms with Crippen molar-refractivity contribution in [3.63, 3.8) is 0 Å². The molecule has 1 heterocycles. The van der Waals surface area contributed by atoms with Crippen LogP contribution >= 0.6 is 0 Å². The molecule has 0 aromatic rings. The van der Waals surface area contributed by atoms with E-state index in [9.17, 15) is 4.79 Å². The first-order valence-corrected chi connectivity index (χ1v) is 5.89. The summed E-state index contributed by atoms with van der Waals surface area (Å²) in [4.78, 5) is 13.9. The van der Waals surface area contributed by atoms with E-state index in [1.807, 2.05) is 0 Å². The number of likely N-dealkylation sites (N-methyl/N-ethyl adjacent to an activating group) is 1. The SMILES string of the molecule is COC(CN)C(=O)NCC1CCCCN1C. The first-order chi connectivity index (χ1) is 7.69. The van der Waals surface area contributed by atoms with Crippen molar-refractivity contribution in [1.29, 1.82) is 0 Å². The Kier molecular flexibility index (Phi) is 5.73. The van der Waals surface area contributed by atoms with Gasteiger partial charge in [0.25, 0.3) is 0 Å². The van der Waals surface area contributed by atoms with Gasteiger partial charge in [0.2, 0.25) is 5.91 Å². The molecule has 94 valence electrons. The average Bonchev–Trinajstić information content (AvgIpc) is 2.29. The fourth-order valence-corrected chi connectivity index (χ4v) is 2.04. The second-order valence-corrected chi connectivity index (χ2v) is 4.34. The van der Waals surface area contributed by atoms with Gasteiger partial charge >= 0.3 is 0 Å². The number of nitrogens with one attached hydrogen (secondary N) is 1. The number of hydrogen-bond donors (Lipinski definition) is 2. The van der Waals surface area contributed by atoms with Crippen molar-refractivity contribution in [3.05, 3.63) is 0 Å². The maximum atomic E-state index is 11.6. The van der Waals surface area contributed by atoms with Crippen LogP contribution < -0.4 is 11.1 Å². The van der Waals surface area contributed by atoms with Crippen molar-refractivity contribution >= 4 is 5.91 Å². The number of piperidine rings is 1. The minimum Gasteiger partial charge on any atom is -0.370 e. The molecule has 16 heavy (non-hydrogen) atoms. The molecule has 0 bridgehead atoms. The Labute approximate surface area is 97.3 Å². The van der Waals surface area contributed by atoms with Crippen molar-refractivity contribution < 1.29 is 9.53 Å². The highest BCUT2D eigenvalue weighted by atomic mass is 16.5. The summed E-state index contributed by atoms with van der Waals surface area (Å²) in [5.74, 6) is -0.107. The topological polar surface area (TPSA) is 67.6 Å². The Morgan fingerprint density at radius 2 is 2.38 bits per heavy atom. The first kappa shape index (κ1) is 13.4. The predicted octanol–water partition coefficient (Wildman–Crippen LogP) is -0.439. The Bertz CT molecular complexity index is 219. The summed E-state index contributed by atoms with van der Waals surface area (Å²) < 4.78 is 4.98. The summed E-state index contributed by atoms with van der Waals surface area (Å²) in [6.45, 7) is 2.03. The van der Waals surface area contributed by atoms with Crippen LogP contribution in [0.4, 0.5) is 0 Å². The highest BCUT2D eigenvalue weighted by molar-refractivity contribution is 5.81. The number of nitrogens with zero attached hydrogens (tertiary/aromatic N) is 1. The van der Waals surface area contributed by atoms with Crippen LogP contribution in [0.2, 0.25) is 0 Å². The highest BCUT2D eigenvalue weighted by Gasteiger charge is 2.21. The standard InChI is InChI=1S/C11H23N3O2/c1-14-6-4-3-5-9(14)8-13-11(15)10(7-12)16-2/h9-10H,3-8,12H2,1-2H3,(H,13,15). The molecule has 0 aliphatic carbocycles. The molecule has 5 nitrogen and oxygen atoms in total. The fourth-order valence-electron chi connectivity index (χ4n) is 2.04. The molecule has 0 spiro atoms. The minimum absolute atomic E-state index is 0.107. The number of hydrogen-bond acceptors (Lipinski definition) is 4. The molecule has 3 N–H and O–H groups in total. The number of nitrogens with two attached hydrogens (primary N) is 1. The summed E-state index contributed by atoms with van der Waals surface area (Å²) in [7, 11) is 3.61. The molecule has 0 saturated carbocycles. The lowest BCUT2D eigenvalue weighted by atomic mass is 10.0. The summed E-state index contributed by atoms with van der Waals surface area (Å²) in [6, 6.07) is 0.452. The molecule has 1 aliphatic rings. The van der Waals surface area contributed by atoms with E-state index in [2.05, 4.69) is 17.3 Å². The Morgan fingerprint density at radius 3 is 2.94 bits per heavy atom. The second-order valence-electron chi connectivity index (χ2n) is 4.34. The minimum atomic E-state index is -0.520. The normalized spacial score (nSPS) is 24.1. The number of ether oxygens (including phenoxy) is 1. The Hall–Kier alpha value is -0.650. The van der Waals surface area contributed by atoms with E-state index < -0.39 is 6.10 Å². The molecule has 0 radical (unpaired) electrons. The van der Waals surface area contributed by atoms with E-state index in [1.54, 1.807) is 0 Å². The number of methoxy groups -OCH3 is 1. The molecule has 2 atom stereocenters. The second kappa shape index (κ2) is 6.83. The summed E-state index contributed by atoms with van der Waals surface area (Å²) in [6.07, 6.45) is 3.13. The number of likely N-dealkylation sites (tertiary alicyclic amines) is 1. The fraction of sp³-hybridized carbons (Fsp3) is 0.909. The molecule has 1 saturated heterocycles. The van der Waals surface area contributed by atoms with Gasteiger partial charge in [-0.05, 0) is 26.4 Å². The predicted molar refractivity (Wildman–Crippen MR) is 63.1 cm³/mol. The largest absolute Gasteiger partial charge is 0.370 e. The lowest BCUT2D eigenvalue weighted by molar-refractivity contribution is -0.130. The Morgan fingerprint density at radius 1 is 1.62 bits per heavy atom. The number of rotatable bonds is 5. The van der Waals surface area contributed by atoms with Crippen LogP contribution in [0.5, 0.6) is 0 Å². The number of carbonyl (C=O) groups is 1. The van der Waals surface area contributed by atoms with E-state index in [1.165, 1.54) is 20.0 Å². The van der Waals surface area contributed by atoms with E-state index in [4.69, 9.17) is 10.5 Å². The van der Waals surface area contributed by atoms with Crippen LogP contribution in [0.1, 0.15) is 19.3 Å². The summed E-state index contributed by atoms with van der Waals surface area (Å²) in [5, 5.41) is 2.90. The van der Waals surface area contributed by atoms with Crippen LogP contribution in [0.25, 0.3) is 0 Å².